The minimum Gasteiger partial charge on any atom is -0.477 e. The molecule has 1 aliphatic heterocycles. The van der Waals surface area contributed by atoms with E-state index in [1.165, 1.54) is 5.56 Å². The quantitative estimate of drug-likeness (QED) is 0.310. The molecule has 0 bridgehead atoms. The van der Waals surface area contributed by atoms with E-state index in [0.717, 1.165) is 57.2 Å². The largest absolute Gasteiger partial charge is 0.477 e. The molecule has 4 nitrogen and oxygen atoms in total. The molecule has 0 aliphatic carbocycles. The molecule has 4 aromatic carbocycles. The van der Waals surface area contributed by atoms with Crippen molar-refractivity contribution in [3.63, 3.8) is 0 Å². The molecule has 140 valence electrons. The van der Waals surface area contributed by atoms with E-state index >= 15 is 0 Å². The standard InChI is InChI=1S/C25H19N3O/c1-2-8-17(9-3-1)14-28-15-20-24-23(26-21-12-6-7-13-22(21)27-24)18-10-4-5-11-19(18)25(20)29-16-28/h1-13H,14-16H2. The van der Waals surface area contributed by atoms with Gasteiger partial charge in [-0.2, -0.15) is 0 Å². The smallest absolute Gasteiger partial charge is 0.142 e. The number of rotatable bonds is 2. The third-order valence-corrected chi connectivity index (χ3v) is 5.58. The predicted octanol–water partition coefficient (Wildman–Crippen LogP) is 5.29. The Kier molecular flexibility index (Phi) is 3.71. The Bertz CT molecular complexity index is 1360. The van der Waals surface area contributed by atoms with Crippen molar-refractivity contribution >= 4 is 32.8 Å². The molecule has 0 N–H and O–H groups in total. The Morgan fingerprint density at radius 2 is 1.38 bits per heavy atom. The van der Waals surface area contributed by atoms with Gasteiger partial charge in [0.2, 0.25) is 0 Å². The monoisotopic (exact) mass is 377 g/mol. The number of hydrogen-bond acceptors (Lipinski definition) is 4. The van der Waals surface area contributed by atoms with Crippen molar-refractivity contribution in [3.05, 3.63) is 90.0 Å². The maximum Gasteiger partial charge on any atom is 0.142 e. The van der Waals surface area contributed by atoms with Crippen LogP contribution in [0.3, 0.4) is 0 Å². The van der Waals surface area contributed by atoms with Crippen LogP contribution < -0.4 is 4.74 Å². The fraction of sp³-hybridized carbons (Fsp3) is 0.120. The molecule has 0 fully saturated rings. The molecule has 5 aromatic rings. The number of aromatic nitrogens is 2. The molecule has 0 atom stereocenters. The van der Waals surface area contributed by atoms with Gasteiger partial charge in [-0.3, -0.25) is 4.90 Å². The van der Waals surface area contributed by atoms with Crippen LogP contribution in [0, 0.1) is 0 Å². The van der Waals surface area contributed by atoms with Crippen LogP contribution in [0.1, 0.15) is 11.1 Å². The summed E-state index contributed by atoms with van der Waals surface area (Å²) in [5, 5.41) is 2.20. The molecule has 0 saturated heterocycles. The van der Waals surface area contributed by atoms with Crippen LogP contribution in [0.2, 0.25) is 0 Å². The normalized spacial score (nSPS) is 14.2. The molecule has 2 heterocycles. The van der Waals surface area contributed by atoms with Crippen molar-refractivity contribution in [1.29, 1.82) is 0 Å². The molecular weight excluding hydrogens is 358 g/mol. The van der Waals surface area contributed by atoms with Crippen molar-refractivity contribution in [2.24, 2.45) is 0 Å². The van der Waals surface area contributed by atoms with Crippen molar-refractivity contribution in [2.45, 2.75) is 13.1 Å². The summed E-state index contributed by atoms with van der Waals surface area (Å²) in [5.74, 6) is 0.946. The number of hydrogen-bond donors (Lipinski definition) is 0. The second-order valence-electron chi connectivity index (χ2n) is 7.51. The highest BCUT2D eigenvalue weighted by atomic mass is 16.5. The van der Waals surface area contributed by atoms with Gasteiger partial charge in [0.1, 0.15) is 12.5 Å². The van der Waals surface area contributed by atoms with Gasteiger partial charge in [-0.1, -0.05) is 66.7 Å². The predicted molar refractivity (Wildman–Crippen MR) is 116 cm³/mol. The molecule has 4 heteroatoms. The number of nitrogens with zero attached hydrogens (tertiary/aromatic N) is 3. The minimum absolute atomic E-state index is 0.568. The Hall–Kier alpha value is -3.50. The van der Waals surface area contributed by atoms with E-state index in [1.54, 1.807) is 0 Å². The molecule has 0 amide bonds. The zero-order valence-corrected chi connectivity index (χ0v) is 15.9. The lowest BCUT2D eigenvalue weighted by molar-refractivity contribution is 0.0912. The van der Waals surface area contributed by atoms with Crippen LogP contribution in [0.15, 0.2) is 78.9 Å². The first-order valence-electron chi connectivity index (χ1n) is 9.86. The molecule has 29 heavy (non-hydrogen) atoms. The van der Waals surface area contributed by atoms with Crippen LogP contribution in [-0.2, 0) is 13.1 Å². The average molecular weight is 377 g/mol. The summed E-state index contributed by atoms with van der Waals surface area (Å²) < 4.78 is 6.30. The Morgan fingerprint density at radius 1 is 0.724 bits per heavy atom. The van der Waals surface area contributed by atoms with E-state index in [0.29, 0.717) is 6.73 Å². The van der Waals surface area contributed by atoms with Gasteiger partial charge in [-0.15, -0.1) is 0 Å². The van der Waals surface area contributed by atoms with Gasteiger partial charge in [0.25, 0.3) is 0 Å². The van der Waals surface area contributed by atoms with E-state index in [2.05, 4.69) is 53.4 Å². The highest BCUT2D eigenvalue weighted by molar-refractivity contribution is 6.10. The summed E-state index contributed by atoms with van der Waals surface area (Å²) >= 11 is 0. The summed E-state index contributed by atoms with van der Waals surface area (Å²) in [7, 11) is 0. The van der Waals surface area contributed by atoms with Gasteiger partial charge >= 0.3 is 0 Å². The van der Waals surface area contributed by atoms with E-state index in [9.17, 15) is 0 Å². The fourth-order valence-electron chi connectivity index (χ4n) is 4.24. The summed E-state index contributed by atoms with van der Waals surface area (Å²) in [6.07, 6.45) is 0. The highest BCUT2D eigenvalue weighted by Gasteiger charge is 2.24. The lowest BCUT2D eigenvalue weighted by atomic mass is 10.0. The lowest BCUT2D eigenvalue weighted by Crippen LogP contribution is -2.32. The van der Waals surface area contributed by atoms with Gasteiger partial charge in [0, 0.05) is 29.4 Å². The summed E-state index contributed by atoms with van der Waals surface area (Å²) in [5.41, 5.74) is 6.12. The third-order valence-electron chi connectivity index (χ3n) is 5.58. The van der Waals surface area contributed by atoms with E-state index in [-0.39, 0.29) is 0 Å². The lowest BCUT2D eigenvalue weighted by Gasteiger charge is -2.30. The number of ether oxygens (including phenoxy) is 1. The van der Waals surface area contributed by atoms with Crippen LogP contribution in [0.4, 0.5) is 0 Å². The van der Waals surface area contributed by atoms with Crippen molar-refractivity contribution in [3.8, 4) is 5.75 Å². The Labute approximate surface area is 168 Å². The number of fused-ring (bicyclic) bond motifs is 7. The summed E-state index contributed by atoms with van der Waals surface area (Å²) in [6.45, 7) is 2.20. The van der Waals surface area contributed by atoms with Gasteiger partial charge in [-0.25, -0.2) is 9.97 Å². The van der Waals surface area contributed by atoms with Crippen LogP contribution in [0.5, 0.6) is 5.75 Å². The molecule has 0 unspecified atom stereocenters. The molecule has 0 spiro atoms. The first-order chi connectivity index (χ1) is 14.4. The van der Waals surface area contributed by atoms with Gasteiger partial charge in [-0.05, 0) is 17.7 Å². The molecule has 6 rings (SSSR count). The topological polar surface area (TPSA) is 38.2 Å². The first kappa shape index (κ1) is 16.5. The highest BCUT2D eigenvalue weighted by Crippen LogP contribution is 2.40. The van der Waals surface area contributed by atoms with E-state index in [1.807, 2.05) is 30.3 Å². The Balaban J connectivity index is 1.57. The minimum atomic E-state index is 0.568. The van der Waals surface area contributed by atoms with Gasteiger partial charge in [0.15, 0.2) is 0 Å². The third kappa shape index (κ3) is 2.72. The second-order valence-corrected chi connectivity index (χ2v) is 7.51. The van der Waals surface area contributed by atoms with Crippen LogP contribution in [0.25, 0.3) is 32.8 Å². The summed E-state index contributed by atoms with van der Waals surface area (Å²) in [4.78, 5) is 12.3. The zero-order valence-electron chi connectivity index (χ0n) is 15.9. The molecule has 1 aliphatic rings. The first-order valence-corrected chi connectivity index (χ1v) is 9.86. The molecular formula is C25H19N3O. The van der Waals surface area contributed by atoms with Gasteiger partial charge < -0.3 is 4.74 Å². The number of para-hydroxylation sites is 2. The summed E-state index contributed by atoms with van der Waals surface area (Å²) in [6, 6.07) is 26.9. The number of benzene rings is 4. The zero-order chi connectivity index (χ0) is 19.2. The fourth-order valence-corrected chi connectivity index (χ4v) is 4.24. The second kappa shape index (κ2) is 6.54. The van der Waals surface area contributed by atoms with Crippen molar-refractivity contribution in [1.82, 2.24) is 14.9 Å². The van der Waals surface area contributed by atoms with Crippen LogP contribution in [-0.4, -0.2) is 21.6 Å². The average Bonchev–Trinajstić information content (AvgIpc) is 2.79. The maximum absolute atomic E-state index is 6.30. The molecule has 0 radical (unpaired) electrons. The maximum atomic E-state index is 6.30. The SMILES string of the molecule is c1ccc(CN2COc3c(c4nc5ccccc5nc4c4ccccc34)C2)cc1. The van der Waals surface area contributed by atoms with Crippen LogP contribution >= 0.6 is 0 Å². The van der Waals surface area contributed by atoms with Crippen molar-refractivity contribution < 1.29 is 4.74 Å². The van der Waals surface area contributed by atoms with Crippen molar-refractivity contribution in [2.75, 3.05) is 6.73 Å². The Morgan fingerprint density at radius 3 is 2.17 bits per heavy atom. The molecule has 0 saturated carbocycles. The van der Waals surface area contributed by atoms with Gasteiger partial charge in [0.05, 0.1) is 22.1 Å². The molecule has 1 aromatic heterocycles. The van der Waals surface area contributed by atoms with E-state index < -0.39 is 0 Å². The van der Waals surface area contributed by atoms with E-state index in [4.69, 9.17) is 14.7 Å².